The molecule has 2 nitrogen and oxygen atoms in total. The number of rotatable bonds is 5. The van der Waals surface area contributed by atoms with Crippen LogP contribution in [0.15, 0.2) is 48.5 Å². The largest absolute Gasteiger partial charge is 0.491 e. The highest BCUT2D eigenvalue weighted by atomic mass is 19.1. The molecule has 1 unspecified atom stereocenters. The summed E-state index contributed by atoms with van der Waals surface area (Å²) in [7, 11) is 0. The van der Waals surface area contributed by atoms with Gasteiger partial charge in [-0.1, -0.05) is 30.3 Å². The van der Waals surface area contributed by atoms with E-state index < -0.39 is 5.54 Å². The van der Waals surface area contributed by atoms with Crippen molar-refractivity contribution >= 4 is 0 Å². The van der Waals surface area contributed by atoms with Crippen molar-refractivity contribution in [3.05, 3.63) is 65.5 Å². The average molecular weight is 287 g/mol. The van der Waals surface area contributed by atoms with Gasteiger partial charge in [0.25, 0.3) is 0 Å². The summed E-state index contributed by atoms with van der Waals surface area (Å²) in [5.41, 5.74) is 7.35. The van der Waals surface area contributed by atoms with Crippen LogP contribution in [0.3, 0.4) is 0 Å². The lowest BCUT2D eigenvalue weighted by atomic mass is 9.86. The van der Waals surface area contributed by atoms with E-state index in [0.29, 0.717) is 12.0 Å². The van der Waals surface area contributed by atoms with E-state index in [9.17, 15) is 4.39 Å². The van der Waals surface area contributed by atoms with Crippen LogP contribution in [-0.2, 0) is 12.0 Å². The van der Waals surface area contributed by atoms with Gasteiger partial charge in [-0.15, -0.1) is 0 Å². The molecule has 21 heavy (non-hydrogen) atoms. The third-order valence-electron chi connectivity index (χ3n) is 3.40. The molecule has 3 heteroatoms. The first-order valence-electron chi connectivity index (χ1n) is 7.18. The van der Waals surface area contributed by atoms with E-state index in [1.807, 2.05) is 51.1 Å². The number of nitrogens with two attached hydrogens (primary N) is 1. The maximum Gasteiger partial charge on any atom is 0.126 e. The quantitative estimate of drug-likeness (QED) is 0.901. The molecule has 0 aliphatic carbocycles. The number of halogens is 1. The molecule has 1 atom stereocenters. The predicted octanol–water partition coefficient (Wildman–Crippen LogP) is 4.03. The van der Waals surface area contributed by atoms with E-state index in [1.54, 1.807) is 12.1 Å². The summed E-state index contributed by atoms with van der Waals surface area (Å²) in [5, 5.41) is 0. The molecule has 0 fully saturated rings. The van der Waals surface area contributed by atoms with E-state index in [2.05, 4.69) is 0 Å². The van der Waals surface area contributed by atoms with E-state index in [4.69, 9.17) is 10.5 Å². The van der Waals surface area contributed by atoms with Crippen molar-refractivity contribution in [3.63, 3.8) is 0 Å². The fourth-order valence-corrected chi connectivity index (χ4v) is 2.33. The zero-order valence-corrected chi connectivity index (χ0v) is 12.8. The van der Waals surface area contributed by atoms with E-state index >= 15 is 0 Å². The van der Waals surface area contributed by atoms with E-state index in [-0.39, 0.29) is 11.9 Å². The Kier molecular flexibility index (Phi) is 4.63. The molecule has 0 aliphatic heterocycles. The Morgan fingerprint density at radius 3 is 2.29 bits per heavy atom. The van der Waals surface area contributed by atoms with Crippen LogP contribution >= 0.6 is 0 Å². The van der Waals surface area contributed by atoms with Gasteiger partial charge in [0.05, 0.1) is 6.10 Å². The lowest BCUT2D eigenvalue weighted by Gasteiger charge is -2.26. The van der Waals surface area contributed by atoms with Crippen LogP contribution in [0.5, 0.6) is 5.75 Å². The van der Waals surface area contributed by atoms with Crippen LogP contribution in [0, 0.1) is 5.82 Å². The van der Waals surface area contributed by atoms with Gasteiger partial charge in [-0.3, -0.25) is 0 Å². The molecule has 112 valence electrons. The summed E-state index contributed by atoms with van der Waals surface area (Å²) in [5.74, 6) is 0.601. The van der Waals surface area contributed by atoms with Crippen molar-refractivity contribution in [3.8, 4) is 5.75 Å². The Balaban J connectivity index is 2.17. The zero-order chi connectivity index (χ0) is 15.5. The Bertz CT molecular complexity index is 590. The molecule has 0 spiro atoms. The standard InChI is InChI=1S/C18H22FNO/c1-13(2)21-16-10-8-15(9-11-16)18(3,20)12-14-6-4-5-7-17(14)19/h4-11,13H,12,20H2,1-3H3. The summed E-state index contributed by atoms with van der Waals surface area (Å²) < 4.78 is 19.4. The number of benzene rings is 2. The van der Waals surface area contributed by atoms with Crippen molar-refractivity contribution in [2.75, 3.05) is 0 Å². The Morgan fingerprint density at radius 1 is 1.10 bits per heavy atom. The Labute approximate surface area is 125 Å². The molecule has 0 aliphatic rings. The van der Waals surface area contributed by atoms with Gasteiger partial charge in [0.1, 0.15) is 11.6 Å². The van der Waals surface area contributed by atoms with Crippen LogP contribution < -0.4 is 10.5 Å². The fourth-order valence-electron chi connectivity index (χ4n) is 2.33. The van der Waals surface area contributed by atoms with Crippen LogP contribution in [0.25, 0.3) is 0 Å². The second-order valence-corrected chi connectivity index (χ2v) is 5.88. The van der Waals surface area contributed by atoms with Crippen molar-refractivity contribution in [1.29, 1.82) is 0 Å². The second kappa shape index (κ2) is 6.27. The van der Waals surface area contributed by atoms with Crippen molar-refractivity contribution < 1.29 is 9.13 Å². The van der Waals surface area contributed by atoms with Gasteiger partial charge in [-0.05, 0) is 56.5 Å². The summed E-state index contributed by atoms with van der Waals surface area (Å²) in [6.45, 7) is 5.88. The summed E-state index contributed by atoms with van der Waals surface area (Å²) in [6, 6.07) is 14.4. The summed E-state index contributed by atoms with van der Waals surface area (Å²) in [6.07, 6.45) is 0.586. The molecule has 0 amide bonds. The summed E-state index contributed by atoms with van der Waals surface area (Å²) >= 11 is 0. The number of hydrogen-bond acceptors (Lipinski definition) is 2. The molecular weight excluding hydrogens is 265 g/mol. The topological polar surface area (TPSA) is 35.2 Å². The van der Waals surface area contributed by atoms with Crippen molar-refractivity contribution in [2.45, 2.75) is 38.8 Å². The monoisotopic (exact) mass is 287 g/mol. The lowest BCUT2D eigenvalue weighted by Crippen LogP contribution is -2.35. The van der Waals surface area contributed by atoms with Gasteiger partial charge < -0.3 is 10.5 Å². The Hall–Kier alpha value is -1.87. The normalized spacial score (nSPS) is 14.0. The molecule has 2 aromatic carbocycles. The van der Waals surface area contributed by atoms with Gasteiger partial charge in [-0.25, -0.2) is 4.39 Å². The third-order valence-corrected chi connectivity index (χ3v) is 3.40. The lowest BCUT2D eigenvalue weighted by molar-refractivity contribution is 0.242. The fraction of sp³-hybridized carbons (Fsp3) is 0.333. The van der Waals surface area contributed by atoms with Crippen LogP contribution in [-0.4, -0.2) is 6.10 Å². The second-order valence-electron chi connectivity index (χ2n) is 5.88. The summed E-state index contributed by atoms with van der Waals surface area (Å²) in [4.78, 5) is 0. The van der Waals surface area contributed by atoms with Crippen LogP contribution in [0.2, 0.25) is 0 Å². The SMILES string of the molecule is CC(C)Oc1ccc(C(C)(N)Cc2ccccc2F)cc1. The molecule has 0 heterocycles. The third kappa shape index (κ3) is 4.05. The van der Waals surface area contributed by atoms with Gasteiger partial charge >= 0.3 is 0 Å². The molecule has 0 saturated heterocycles. The smallest absolute Gasteiger partial charge is 0.126 e. The molecule has 0 radical (unpaired) electrons. The zero-order valence-electron chi connectivity index (χ0n) is 12.8. The molecule has 2 N–H and O–H groups in total. The van der Waals surface area contributed by atoms with E-state index in [0.717, 1.165) is 11.3 Å². The first-order valence-corrected chi connectivity index (χ1v) is 7.18. The van der Waals surface area contributed by atoms with Crippen molar-refractivity contribution in [2.24, 2.45) is 5.73 Å². The molecular formula is C18H22FNO. The maximum absolute atomic E-state index is 13.8. The minimum Gasteiger partial charge on any atom is -0.491 e. The molecule has 0 aromatic heterocycles. The Morgan fingerprint density at radius 2 is 1.71 bits per heavy atom. The highest BCUT2D eigenvalue weighted by molar-refractivity contribution is 5.33. The average Bonchev–Trinajstić information content (AvgIpc) is 2.41. The highest BCUT2D eigenvalue weighted by Gasteiger charge is 2.23. The number of hydrogen-bond donors (Lipinski definition) is 1. The van der Waals surface area contributed by atoms with Gasteiger partial charge in [0.15, 0.2) is 0 Å². The number of ether oxygens (including phenoxy) is 1. The molecule has 0 saturated carbocycles. The first-order chi connectivity index (χ1) is 9.88. The molecule has 2 rings (SSSR count). The predicted molar refractivity (Wildman–Crippen MR) is 83.8 cm³/mol. The van der Waals surface area contributed by atoms with E-state index in [1.165, 1.54) is 6.07 Å². The maximum atomic E-state index is 13.8. The van der Waals surface area contributed by atoms with Gasteiger partial charge in [-0.2, -0.15) is 0 Å². The van der Waals surface area contributed by atoms with Gasteiger partial charge in [0.2, 0.25) is 0 Å². The van der Waals surface area contributed by atoms with Crippen molar-refractivity contribution in [1.82, 2.24) is 0 Å². The molecule has 2 aromatic rings. The minimum atomic E-state index is -0.626. The highest BCUT2D eigenvalue weighted by Crippen LogP contribution is 2.26. The van der Waals surface area contributed by atoms with Gasteiger partial charge in [0, 0.05) is 5.54 Å². The van der Waals surface area contributed by atoms with Crippen LogP contribution in [0.1, 0.15) is 31.9 Å². The van der Waals surface area contributed by atoms with Crippen LogP contribution in [0.4, 0.5) is 4.39 Å². The first kappa shape index (κ1) is 15.5. The molecule has 0 bridgehead atoms. The minimum absolute atomic E-state index is 0.138.